The van der Waals surface area contributed by atoms with Crippen LogP contribution in [-0.2, 0) is 0 Å². The zero-order valence-corrected chi connectivity index (χ0v) is 14.3. The standard InChI is InChI=1S/C20H32O/c1-14(2)6-5-9-19(3)10-7-15-13-20(4,11-8-18(15)21)17-12-16(17)19/h6-7,16-18,21H,5,8-13H2,1-4H3. The van der Waals surface area contributed by atoms with Crippen LogP contribution in [0.1, 0.15) is 72.6 Å². The average molecular weight is 288 g/mol. The van der Waals surface area contributed by atoms with Gasteiger partial charge in [0.2, 0.25) is 0 Å². The zero-order chi connectivity index (χ0) is 15.3. The maximum absolute atomic E-state index is 10.3. The molecule has 1 heteroatoms. The monoisotopic (exact) mass is 288 g/mol. The van der Waals surface area contributed by atoms with Crippen LogP contribution in [0.4, 0.5) is 0 Å². The van der Waals surface area contributed by atoms with Crippen molar-refractivity contribution in [2.75, 3.05) is 0 Å². The Morgan fingerprint density at radius 2 is 2.10 bits per heavy atom. The van der Waals surface area contributed by atoms with Gasteiger partial charge in [0, 0.05) is 0 Å². The minimum absolute atomic E-state index is 0.157. The fraction of sp³-hybridized carbons (Fsp3) is 0.800. The topological polar surface area (TPSA) is 20.2 Å². The zero-order valence-electron chi connectivity index (χ0n) is 14.3. The third-order valence-corrected chi connectivity index (χ3v) is 6.70. The van der Waals surface area contributed by atoms with Gasteiger partial charge in [-0.25, -0.2) is 0 Å². The van der Waals surface area contributed by atoms with E-state index in [0.717, 1.165) is 24.7 Å². The predicted molar refractivity (Wildman–Crippen MR) is 89.0 cm³/mol. The molecule has 0 aromatic rings. The molecule has 2 bridgehead atoms. The van der Waals surface area contributed by atoms with Gasteiger partial charge in [-0.2, -0.15) is 0 Å². The lowest BCUT2D eigenvalue weighted by molar-refractivity contribution is 0.0847. The Bertz CT molecular complexity index is 470. The SMILES string of the molecule is CC(C)=CCCC1(C)CC=C2CC(C)(CCC2O)C2CC21. The van der Waals surface area contributed by atoms with Crippen LogP contribution in [0.2, 0.25) is 0 Å². The summed E-state index contributed by atoms with van der Waals surface area (Å²) in [6.07, 6.45) is 13.1. The van der Waals surface area contributed by atoms with Gasteiger partial charge in [0.25, 0.3) is 0 Å². The Hall–Kier alpha value is -0.560. The summed E-state index contributed by atoms with van der Waals surface area (Å²) in [6.45, 7) is 9.39. The summed E-state index contributed by atoms with van der Waals surface area (Å²) in [6, 6.07) is 0. The molecule has 2 fully saturated rings. The van der Waals surface area contributed by atoms with E-state index in [9.17, 15) is 5.11 Å². The molecule has 5 atom stereocenters. The molecule has 5 unspecified atom stereocenters. The van der Waals surface area contributed by atoms with Crippen LogP contribution in [0.3, 0.4) is 0 Å². The summed E-state index contributed by atoms with van der Waals surface area (Å²) in [7, 11) is 0. The van der Waals surface area contributed by atoms with E-state index >= 15 is 0 Å². The lowest BCUT2D eigenvalue weighted by Crippen LogP contribution is -2.35. The summed E-state index contributed by atoms with van der Waals surface area (Å²) < 4.78 is 0. The van der Waals surface area contributed by atoms with E-state index in [0.29, 0.717) is 10.8 Å². The minimum Gasteiger partial charge on any atom is -0.389 e. The smallest absolute Gasteiger partial charge is 0.0750 e. The average Bonchev–Trinajstić information content (AvgIpc) is 3.20. The van der Waals surface area contributed by atoms with Crippen molar-refractivity contribution in [3.63, 3.8) is 0 Å². The molecule has 0 saturated heterocycles. The van der Waals surface area contributed by atoms with Gasteiger partial charge in [-0.15, -0.1) is 0 Å². The van der Waals surface area contributed by atoms with Crippen LogP contribution in [0.5, 0.6) is 0 Å². The molecule has 21 heavy (non-hydrogen) atoms. The quantitative estimate of drug-likeness (QED) is 0.703. The fourth-order valence-electron chi connectivity index (χ4n) is 5.08. The molecule has 0 aromatic carbocycles. The Kier molecular flexibility index (Phi) is 3.84. The second-order valence-electron chi connectivity index (χ2n) is 8.79. The Morgan fingerprint density at radius 1 is 1.33 bits per heavy atom. The molecular weight excluding hydrogens is 256 g/mol. The molecular formula is C20H32O. The fourth-order valence-corrected chi connectivity index (χ4v) is 5.08. The van der Waals surface area contributed by atoms with Crippen LogP contribution >= 0.6 is 0 Å². The van der Waals surface area contributed by atoms with Gasteiger partial charge in [0.05, 0.1) is 6.10 Å². The van der Waals surface area contributed by atoms with E-state index in [1.807, 2.05) is 0 Å². The number of allylic oxidation sites excluding steroid dienone is 3. The summed E-state index contributed by atoms with van der Waals surface area (Å²) in [5, 5.41) is 10.3. The molecule has 2 saturated carbocycles. The molecule has 0 amide bonds. The van der Waals surface area contributed by atoms with Crippen LogP contribution in [0.25, 0.3) is 0 Å². The number of fused-ring (bicyclic) bond motifs is 4. The number of rotatable bonds is 3. The van der Waals surface area contributed by atoms with E-state index < -0.39 is 0 Å². The molecule has 0 spiro atoms. The predicted octanol–water partition coefficient (Wildman–Crippen LogP) is 5.26. The molecule has 3 aliphatic rings. The highest BCUT2D eigenvalue weighted by atomic mass is 16.3. The third kappa shape index (κ3) is 2.86. The Labute approximate surface area is 130 Å². The molecule has 0 radical (unpaired) electrons. The second-order valence-corrected chi connectivity index (χ2v) is 8.79. The summed E-state index contributed by atoms with van der Waals surface area (Å²) in [4.78, 5) is 0. The first-order valence-electron chi connectivity index (χ1n) is 8.84. The van der Waals surface area contributed by atoms with Gasteiger partial charge >= 0.3 is 0 Å². The van der Waals surface area contributed by atoms with E-state index in [1.54, 1.807) is 0 Å². The summed E-state index contributed by atoms with van der Waals surface area (Å²) in [5.41, 5.74) is 3.70. The lowest BCUT2D eigenvalue weighted by atomic mass is 9.63. The van der Waals surface area contributed by atoms with Crippen LogP contribution in [0, 0.1) is 22.7 Å². The first kappa shape index (κ1) is 15.3. The minimum atomic E-state index is -0.157. The highest BCUT2D eigenvalue weighted by Gasteiger charge is 2.58. The van der Waals surface area contributed by atoms with Crippen molar-refractivity contribution in [1.82, 2.24) is 0 Å². The summed E-state index contributed by atoms with van der Waals surface area (Å²) >= 11 is 0. The maximum Gasteiger partial charge on any atom is 0.0750 e. The van der Waals surface area contributed by atoms with Crippen molar-refractivity contribution in [3.05, 3.63) is 23.3 Å². The molecule has 3 aliphatic carbocycles. The maximum atomic E-state index is 10.3. The van der Waals surface area contributed by atoms with Crippen molar-refractivity contribution in [2.24, 2.45) is 22.7 Å². The van der Waals surface area contributed by atoms with E-state index in [2.05, 4.69) is 39.8 Å². The number of hydrogen-bond donors (Lipinski definition) is 1. The highest BCUT2D eigenvalue weighted by molar-refractivity contribution is 5.22. The second kappa shape index (κ2) is 5.26. The Balaban J connectivity index is 1.81. The van der Waals surface area contributed by atoms with E-state index in [-0.39, 0.29) is 6.10 Å². The third-order valence-electron chi connectivity index (χ3n) is 6.70. The lowest BCUT2D eigenvalue weighted by Gasteiger charge is -2.42. The molecule has 1 N–H and O–H groups in total. The Morgan fingerprint density at radius 3 is 2.81 bits per heavy atom. The normalized spacial score (nSPS) is 45.0. The van der Waals surface area contributed by atoms with Gasteiger partial charge < -0.3 is 5.11 Å². The van der Waals surface area contributed by atoms with Crippen LogP contribution < -0.4 is 0 Å². The molecule has 0 aromatic heterocycles. The van der Waals surface area contributed by atoms with Gasteiger partial charge in [-0.1, -0.05) is 31.6 Å². The molecule has 0 heterocycles. The van der Waals surface area contributed by atoms with Gasteiger partial charge in [0.1, 0.15) is 0 Å². The highest BCUT2D eigenvalue weighted by Crippen LogP contribution is 2.66. The van der Waals surface area contributed by atoms with E-state index in [1.165, 1.54) is 43.3 Å². The van der Waals surface area contributed by atoms with Crippen LogP contribution in [0.15, 0.2) is 23.3 Å². The van der Waals surface area contributed by atoms with Gasteiger partial charge in [-0.3, -0.25) is 0 Å². The molecule has 1 nitrogen and oxygen atoms in total. The van der Waals surface area contributed by atoms with Crippen molar-refractivity contribution in [2.45, 2.75) is 78.7 Å². The molecule has 118 valence electrons. The van der Waals surface area contributed by atoms with Crippen LogP contribution in [-0.4, -0.2) is 11.2 Å². The van der Waals surface area contributed by atoms with E-state index in [4.69, 9.17) is 0 Å². The summed E-state index contributed by atoms with van der Waals surface area (Å²) in [5.74, 6) is 1.83. The van der Waals surface area contributed by atoms with Crippen molar-refractivity contribution in [3.8, 4) is 0 Å². The number of hydrogen-bond acceptors (Lipinski definition) is 1. The number of aliphatic hydroxyl groups excluding tert-OH is 1. The molecule has 0 aliphatic heterocycles. The van der Waals surface area contributed by atoms with Gasteiger partial charge in [0.15, 0.2) is 0 Å². The van der Waals surface area contributed by atoms with Crippen molar-refractivity contribution < 1.29 is 5.11 Å². The number of aliphatic hydroxyl groups is 1. The van der Waals surface area contributed by atoms with Crippen molar-refractivity contribution >= 4 is 0 Å². The van der Waals surface area contributed by atoms with Gasteiger partial charge in [-0.05, 0) is 87.0 Å². The first-order valence-corrected chi connectivity index (χ1v) is 8.84. The molecule has 3 rings (SSSR count). The van der Waals surface area contributed by atoms with Crippen molar-refractivity contribution in [1.29, 1.82) is 0 Å². The first-order chi connectivity index (χ1) is 9.84. The largest absolute Gasteiger partial charge is 0.389 e.